The maximum atomic E-state index is 13.5. The van der Waals surface area contributed by atoms with E-state index < -0.39 is 26.7 Å². The minimum Gasteiger partial charge on any atom is -0.338 e. The number of sulfone groups is 1. The summed E-state index contributed by atoms with van der Waals surface area (Å²) < 4.78 is 42.7. The first kappa shape index (κ1) is 13.7. The predicted octanol–water partition coefficient (Wildman–Crippen LogP) is 2.19. The molecule has 0 aliphatic rings. The van der Waals surface area contributed by atoms with E-state index >= 15 is 0 Å². The zero-order valence-electron chi connectivity index (χ0n) is 10.5. The van der Waals surface area contributed by atoms with Crippen molar-refractivity contribution < 1.29 is 17.3 Å². The van der Waals surface area contributed by atoms with Gasteiger partial charge in [-0.15, -0.1) is 0 Å². The molecule has 2 rings (SSSR count). The molecular formula is C12H13FN2O3S. The van der Waals surface area contributed by atoms with Gasteiger partial charge in [0.25, 0.3) is 0 Å². The van der Waals surface area contributed by atoms with E-state index in [1.54, 1.807) is 13.0 Å². The van der Waals surface area contributed by atoms with Crippen molar-refractivity contribution in [3.63, 3.8) is 0 Å². The first-order valence-electron chi connectivity index (χ1n) is 5.65. The van der Waals surface area contributed by atoms with Crippen LogP contribution in [0.25, 0.3) is 0 Å². The molecule has 1 heterocycles. The minimum atomic E-state index is -3.61. The van der Waals surface area contributed by atoms with Crippen LogP contribution in [0.4, 0.5) is 4.39 Å². The number of hydrogen-bond acceptors (Lipinski definition) is 5. The second-order valence-corrected chi connectivity index (χ2v) is 6.54. The van der Waals surface area contributed by atoms with Crippen LogP contribution < -0.4 is 0 Å². The molecule has 0 bridgehead atoms. The van der Waals surface area contributed by atoms with Crippen LogP contribution in [0.15, 0.2) is 28.8 Å². The Kier molecular flexibility index (Phi) is 3.66. The van der Waals surface area contributed by atoms with Crippen LogP contribution in [0.5, 0.6) is 0 Å². The number of nitrogens with zero attached hydrogens (tertiary/aromatic N) is 2. The summed E-state index contributed by atoms with van der Waals surface area (Å²) in [7, 11) is -3.61. The monoisotopic (exact) mass is 284 g/mol. The fraction of sp³-hybridized carbons (Fsp3) is 0.333. The van der Waals surface area contributed by atoms with Gasteiger partial charge in [-0.05, 0) is 19.9 Å². The van der Waals surface area contributed by atoms with Crippen LogP contribution in [0.3, 0.4) is 0 Å². The van der Waals surface area contributed by atoms with Gasteiger partial charge in [-0.2, -0.15) is 4.98 Å². The minimum absolute atomic E-state index is 0.0221. The lowest BCUT2D eigenvalue weighted by molar-refractivity contribution is 0.373. The van der Waals surface area contributed by atoms with Crippen LogP contribution in [0.1, 0.15) is 29.5 Å². The fourth-order valence-corrected chi connectivity index (χ4v) is 2.91. The maximum Gasteiger partial charge on any atom is 0.244 e. The van der Waals surface area contributed by atoms with Crippen molar-refractivity contribution >= 4 is 9.84 Å². The van der Waals surface area contributed by atoms with Gasteiger partial charge >= 0.3 is 0 Å². The summed E-state index contributed by atoms with van der Waals surface area (Å²) in [6.45, 7) is 3.05. The zero-order chi connectivity index (χ0) is 14.0. The average molecular weight is 284 g/mol. The van der Waals surface area contributed by atoms with E-state index in [2.05, 4.69) is 10.1 Å². The van der Waals surface area contributed by atoms with Crippen LogP contribution in [0.2, 0.25) is 0 Å². The molecule has 0 unspecified atom stereocenters. The molecule has 0 amide bonds. The molecule has 0 N–H and O–H groups in total. The molecule has 0 saturated heterocycles. The third-order valence-corrected chi connectivity index (χ3v) is 4.74. The van der Waals surface area contributed by atoms with Gasteiger partial charge in [0.1, 0.15) is 11.1 Å². The van der Waals surface area contributed by atoms with E-state index in [9.17, 15) is 12.8 Å². The van der Waals surface area contributed by atoms with Crippen molar-refractivity contribution in [2.75, 3.05) is 0 Å². The molecule has 0 radical (unpaired) electrons. The number of rotatable bonds is 4. The Bertz CT molecular complexity index is 682. The van der Waals surface area contributed by atoms with Gasteiger partial charge in [-0.25, -0.2) is 12.8 Å². The highest BCUT2D eigenvalue weighted by Gasteiger charge is 2.28. The Morgan fingerprint density at radius 2 is 2.05 bits per heavy atom. The van der Waals surface area contributed by atoms with Crippen molar-refractivity contribution in [2.45, 2.75) is 24.9 Å². The largest absolute Gasteiger partial charge is 0.338 e. The lowest BCUT2D eigenvalue weighted by atomic mass is 10.2. The van der Waals surface area contributed by atoms with Crippen molar-refractivity contribution in [1.29, 1.82) is 0 Å². The lowest BCUT2D eigenvalue weighted by Gasteiger charge is -2.09. The number of hydrogen-bond donors (Lipinski definition) is 0. The lowest BCUT2D eigenvalue weighted by Crippen LogP contribution is -2.14. The van der Waals surface area contributed by atoms with Crippen molar-refractivity contribution in [3.8, 4) is 0 Å². The van der Waals surface area contributed by atoms with Gasteiger partial charge in [0, 0.05) is 5.56 Å². The van der Waals surface area contributed by atoms with Gasteiger partial charge in [0.15, 0.2) is 15.7 Å². The van der Waals surface area contributed by atoms with E-state index in [1.807, 2.05) is 0 Å². The summed E-state index contributed by atoms with van der Waals surface area (Å²) in [5.74, 6) is -0.556. The molecule has 1 aromatic heterocycles. The highest BCUT2D eigenvalue weighted by Crippen LogP contribution is 2.24. The summed E-state index contributed by atoms with van der Waals surface area (Å²) in [4.78, 5) is 3.89. The second kappa shape index (κ2) is 5.08. The molecule has 19 heavy (non-hydrogen) atoms. The molecular weight excluding hydrogens is 271 g/mol. The van der Waals surface area contributed by atoms with Gasteiger partial charge in [-0.3, -0.25) is 0 Å². The van der Waals surface area contributed by atoms with Crippen LogP contribution in [-0.4, -0.2) is 18.6 Å². The maximum absolute atomic E-state index is 13.5. The molecule has 7 heteroatoms. The van der Waals surface area contributed by atoms with Crippen LogP contribution in [0, 0.1) is 12.7 Å². The topological polar surface area (TPSA) is 73.1 Å². The van der Waals surface area contributed by atoms with Gasteiger partial charge in [0.2, 0.25) is 5.89 Å². The molecule has 0 aliphatic carbocycles. The zero-order valence-corrected chi connectivity index (χ0v) is 11.3. The normalized spacial score (nSPS) is 13.4. The standard InChI is InChI=1S/C12H13FN2O3S/c1-8(12-14-9(2)15-18-12)19(16,17)7-10-5-3-4-6-11(10)13/h3-6,8H,7H2,1-2H3/t8-/m0/s1. The number of benzene rings is 1. The van der Waals surface area contributed by atoms with E-state index in [-0.39, 0.29) is 11.5 Å². The Morgan fingerprint density at radius 1 is 1.37 bits per heavy atom. The van der Waals surface area contributed by atoms with Gasteiger partial charge < -0.3 is 4.52 Å². The summed E-state index contributed by atoms with van der Waals surface area (Å²) in [5.41, 5.74) is 0.130. The molecule has 1 aromatic carbocycles. The number of aromatic nitrogens is 2. The molecule has 102 valence electrons. The Morgan fingerprint density at radius 3 is 2.63 bits per heavy atom. The molecule has 0 saturated carbocycles. The SMILES string of the molecule is Cc1noc([C@H](C)S(=O)(=O)Cc2ccccc2F)n1. The smallest absolute Gasteiger partial charge is 0.244 e. The third kappa shape index (κ3) is 2.98. The number of halogens is 1. The van der Waals surface area contributed by atoms with E-state index in [0.717, 1.165) is 0 Å². The van der Waals surface area contributed by atoms with E-state index in [0.29, 0.717) is 5.82 Å². The summed E-state index contributed by atoms with van der Waals surface area (Å²) in [6, 6.07) is 5.77. The quantitative estimate of drug-likeness (QED) is 0.860. The van der Waals surface area contributed by atoms with E-state index in [1.165, 1.54) is 25.1 Å². The van der Waals surface area contributed by atoms with Gasteiger partial charge in [0.05, 0.1) is 5.75 Å². The van der Waals surface area contributed by atoms with Crippen molar-refractivity contribution in [3.05, 3.63) is 47.4 Å². The highest BCUT2D eigenvalue weighted by molar-refractivity contribution is 7.90. The molecule has 0 fully saturated rings. The average Bonchev–Trinajstić information content (AvgIpc) is 2.77. The van der Waals surface area contributed by atoms with Crippen LogP contribution >= 0.6 is 0 Å². The Hall–Kier alpha value is -1.76. The summed E-state index contributed by atoms with van der Waals surface area (Å²) in [5, 5.41) is 2.59. The third-order valence-electron chi connectivity index (χ3n) is 2.74. The molecule has 2 aromatic rings. The second-order valence-electron chi connectivity index (χ2n) is 4.22. The number of aryl methyl sites for hydroxylation is 1. The molecule has 1 atom stereocenters. The molecule has 0 aliphatic heterocycles. The van der Waals surface area contributed by atoms with E-state index in [4.69, 9.17) is 4.52 Å². The molecule has 0 spiro atoms. The van der Waals surface area contributed by atoms with Crippen molar-refractivity contribution in [1.82, 2.24) is 10.1 Å². The Balaban J connectivity index is 2.26. The van der Waals surface area contributed by atoms with Gasteiger partial charge in [-0.1, -0.05) is 23.4 Å². The first-order chi connectivity index (χ1) is 8.90. The summed E-state index contributed by atoms with van der Waals surface area (Å²) >= 11 is 0. The summed E-state index contributed by atoms with van der Waals surface area (Å²) in [6.07, 6.45) is 0. The highest BCUT2D eigenvalue weighted by atomic mass is 32.2. The van der Waals surface area contributed by atoms with Crippen LogP contribution in [-0.2, 0) is 15.6 Å². The predicted molar refractivity (Wildman–Crippen MR) is 66.5 cm³/mol. The molecule has 5 nitrogen and oxygen atoms in total. The van der Waals surface area contributed by atoms with Crippen molar-refractivity contribution in [2.24, 2.45) is 0 Å². The fourth-order valence-electron chi connectivity index (χ4n) is 1.59. The first-order valence-corrected chi connectivity index (χ1v) is 7.37. The Labute approximate surface area is 110 Å².